The molecule has 0 radical (unpaired) electrons. The van der Waals surface area contributed by atoms with Crippen LogP contribution < -0.4 is 0 Å². The van der Waals surface area contributed by atoms with E-state index in [1.807, 2.05) is 30.3 Å². The highest BCUT2D eigenvalue weighted by molar-refractivity contribution is 5.80. The number of carbonyl (C=O) groups excluding carboxylic acids is 2. The number of halogens is 3. The van der Waals surface area contributed by atoms with Gasteiger partial charge in [0.2, 0.25) is 0 Å². The van der Waals surface area contributed by atoms with Gasteiger partial charge in [0.25, 0.3) is 0 Å². The number of hydrogen-bond donors (Lipinski definition) is 0. The lowest BCUT2D eigenvalue weighted by atomic mass is 9.94. The van der Waals surface area contributed by atoms with Crippen LogP contribution in [0.3, 0.4) is 0 Å². The average Bonchev–Trinajstić information content (AvgIpc) is 2.92. The summed E-state index contributed by atoms with van der Waals surface area (Å²) in [6.07, 6.45) is -1.37. The van der Waals surface area contributed by atoms with Crippen LogP contribution >= 0.6 is 0 Å². The molecular weight excluding hydrogens is 511 g/mol. The van der Waals surface area contributed by atoms with Crippen LogP contribution in [-0.2, 0) is 38.3 Å². The van der Waals surface area contributed by atoms with Crippen molar-refractivity contribution in [3.05, 3.63) is 88.7 Å². The molecule has 2 aromatic carbocycles. The number of ether oxygens (including phenoxy) is 3. The first-order valence-corrected chi connectivity index (χ1v) is 13.0. The maximum atomic E-state index is 13.7. The average molecular weight is 548 g/mol. The van der Waals surface area contributed by atoms with Crippen molar-refractivity contribution in [3.63, 3.8) is 0 Å². The number of esters is 1. The molecule has 0 N–H and O–H groups in total. The quantitative estimate of drug-likeness (QED) is 0.147. The van der Waals surface area contributed by atoms with Gasteiger partial charge in [-0.05, 0) is 69.0 Å². The van der Waals surface area contributed by atoms with E-state index in [0.717, 1.165) is 17.7 Å². The smallest absolute Gasteiger partial charge is 0.416 e. The molecule has 0 aromatic heterocycles. The Bertz CT molecular complexity index is 1140. The van der Waals surface area contributed by atoms with Crippen LogP contribution in [-0.4, -0.2) is 36.7 Å². The molecule has 39 heavy (non-hydrogen) atoms. The first-order valence-electron chi connectivity index (χ1n) is 13.0. The van der Waals surface area contributed by atoms with E-state index in [2.05, 4.69) is 0 Å². The zero-order valence-electron chi connectivity index (χ0n) is 22.8. The lowest BCUT2D eigenvalue weighted by Crippen LogP contribution is -2.31. The molecule has 2 aromatic rings. The summed E-state index contributed by atoms with van der Waals surface area (Å²) in [6, 6.07) is 12.5. The Morgan fingerprint density at radius 3 is 2.23 bits per heavy atom. The fourth-order valence-electron chi connectivity index (χ4n) is 3.87. The highest BCUT2D eigenvalue weighted by Gasteiger charge is 2.32. The van der Waals surface area contributed by atoms with Gasteiger partial charge in [-0.3, -0.25) is 4.79 Å². The summed E-state index contributed by atoms with van der Waals surface area (Å²) in [5.74, 6) is 0.0783. The summed E-state index contributed by atoms with van der Waals surface area (Å²) in [4.78, 5) is 26.1. The summed E-state index contributed by atoms with van der Waals surface area (Å²) >= 11 is 0. The van der Waals surface area contributed by atoms with Gasteiger partial charge in [-0.2, -0.15) is 13.2 Å². The van der Waals surface area contributed by atoms with E-state index < -0.39 is 17.8 Å². The van der Waals surface area contributed by atoms with Crippen LogP contribution in [0.25, 0.3) is 5.57 Å². The van der Waals surface area contributed by atoms with Crippen molar-refractivity contribution in [2.45, 2.75) is 59.9 Å². The molecule has 212 valence electrons. The fraction of sp³-hybridized carbons (Fsp3) is 0.400. The Morgan fingerprint density at radius 1 is 0.949 bits per heavy atom. The monoisotopic (exact) mass is 547 g/mol. The number of amides is 1. The zero-order valence-corrected chi connectivity index (χ0v) is 22.8. The summed E-state index contributed by atoms with van der Waals surface area (Å²) < 4.78 is 57.3. The SMILES string of the molecule is C/C=C(OCC)\C(=C/CCC(=O)OCC)c1ccc(C(F)(F)F)cc1CN(CC)C(=O)OCc1ccccc1. The van der Waals surface area contributed by atoms with Gasteiger partial charge in [-0.15, -0.1) is 0 Å². The zero-order chi connectivity index (χ0) is 28.8. The molecule has 0 saturated carbocycles. The van der Waals surface area contributed by atoms with Crippen molar-refractivity contribution >= 4 is 17.6 Å². The van der Waals surface area contributed by atoms with E-state index in [9.17, 15) is 22.8 Å². The Kier molecular flexibility index (Phi) is 12.6. The summed E-state index contributed by atoms with van der Waals surface area (Å²) in [5, 5.41) is 0. The van der Waals surface area contributed by atoms with Gasteiger partial charge in [0, 0.05) is 25.1 Å². The topological polar surface area (TPSA) is 65.1 Å². The number of carbonyl (C=O) groups is 2. The number of nitrogens with zero attached hydrogens (tertiary/aromatic N) is 1. The predicted octanol–water partition coefficient (Wildman–Crippen LogP) is 7.53. The summed E-state index contributed by atoms with van der Waals surface area (Å²) in [5.41, 5.74) is 1.22. The minimum atomic E-state index is -4.57. The number of hydrogen-bond acceptors (Lipinski definition) is 5. The number of rotatable bonds is 13. The van der Waals surface area contributed by atoms with E-state index in [4.69, 9.17) is 14.2 Å². The molecule has 0 spiro atoms. The minimum Gasteiger partial charge on any atom is -0.494 e. The van der Waals surface area contributed by atoms with Crippen molar-refractivity contribution in [2.24, 2.45) is 0 Å². The Balaban J connectivity index is 2.47. The molecule has 0 fully saturated rings. The molecule has 0 bridgehead atoms. The van der Waals surface area contributed by atoms with Crippen LogP contribution in [0.15, 0.2) is 66.4 Å². The van der Waals surface area contributed by atoms with E-state index >= 15 is 0 Å². The van der Waals surface area contributed by atoms with Crippen LogP contribution in [0.4, 0.5) is 18.0 Å². The number of benzene rings is 2. The van der Waals surface area contributed by atoms with E-state index in [-0.39, 0.29) is 50.7 Å². The molecule has 0 heterocycles. The Labute approximate surface area is 228 Å². The summed E-state index contributed by atoms with van der Waals surface area (Å²) in [6.45, 7) is 7.72. The van der Waals surface area contributed by atoms with Crippen LogP contribution in [0.5, 0.6) is 0 Å². The molecule has 2 rings (SSSR count). The third kappa shape index (κ3) is 9.81. The Hall–Kier alpha value is -3.75. The highest BCUT2D eigenvalue weighted by Crippen LogP contribution is 2.35. The molecule has 9 heteroatoms. The third-order valence-corrected chi connectivity index (χ3v) is 5.76. The molecule has 0 saturated heterocycles. The van der Waals surface area contributed by atoms with Crippen molar-refractivity contribution in [2.75, 3.05) is 19.8 Å². The second-order valence-corrected chi connectivity index (χ2v) is 8.47. The Morgan fingerprint density at radius 2 is 1.64 bits per heavy atom. The van der Waals surface area contributed by atoms with Crippen molar-refractivity contribution in [3.8, 4) is 0 Å². The minimum absolute atomic E-state index is 0.0394. The van der Waals surface area contributed by atoms with Gasteiger partial charge >= 0.3 is 18.2 Å². The van der Waals surface area contributed by atoms with E-state index in [1.165, 1.54) is 11.0 Å². The number of allylic oxidation sites excluding steroid dienone is 3. The summed E-state index contributed by atoms with van der Waals surface area (Å²) in [7, 11) is 0. The third-order valence-electron chi connectivity index (χ3n) is 5.76. The van der Waals surface area contributed by atoms with Gasteiger partial charge in [0.05, 0.1) is 18.8 Å². The molecule has 0 atom stereocenters. The number of alkyl halides is 3. The molecular formula is C30H36F3NO5. The normalized spacial score (nSPS) is 12.2. The van der Waals surface area contributed by atoms with Crippen molar-refractivity contribution in [1.29, 1.82) is 0 Å². The maximum Gasteiger partial charge on any atom is 0.416 e. The van der Waals surface area contributed by atoms with Gasteiger partial charge in [-0.1, -0.05) is 42.5 Å². The highest BCUT2D eigenvalue weighted by atomic mass is 19.4. The molecule has 1 amide bonds. The van der Waals surface area contributed by atoms with Gasteiger partial charge in [0.1, 0.15) is 12.4 Å². The van der Waals surface area contributed by atoms with E-state index in [0.29, 0.717) is 23.5 Å². The first kappa shape index (κ1) is 31.5. The van der Waals surface area contributed by atoms with Crippen LogP contribution in [0, 0.1) is 0 Å². The lowest BCUT2D eigenvalue weighted by Gasteiger charge is -2.24. The van der Waals surface area contributed by atoms with Gasteiger partial charge in [0.15, 0.2) is 0 Å². The van der Waals surface area contributed by atoms with Crippen molar-refractivity contribution in [1.82, 2.24) is 4.90 Å². The molecule has 0 aliphatic rings. The second kappa shape index (κ2) is 15.6. The standard InChI is InChI=1S/C30H36F3NO5/c1-5-27(37-7-3)26(15-12-16-28(35)38-8-4)25-18-17-24(30(31,32)33)19-23(25)20-34(6-2)29(36)39-21-22-13-10-9-11-14-22/h5,9-11,13-15,17-19H,6-8,12,16,20-21H2,1-4H3/b26-15-,27-5+. The van der Waals surface area contributed by atoms with Crippen molar-refractivity contribution < 1.29 is 37.0 Å². The van der Waals surface area contributed by atoms with Gasteiger partial charge in [-0.25, -0.2) is 4.79 Å². The van der Waals surface area contributed by atoms with Crippen LogP contribution in [0.2, 0.25) is 0 Å². The molecule has 0 aliphatic carbocycles. The molecule has 6 nitrogen and oxygen atoms in total. The largest absolute Gasteiger partial charge is 0.494 e. The lowest BCUT2D eigenvalue weighted by molar-refractivity contribution is -0.143. The second-order valence-electron chi connectivity index (χ2n) is 8.47. The van der Waals surface area contributed by atoms with E-state index in [1.54, 1.807) is 39.8 Å². The molecule has 0 aliphatic heterocycles. The van der Waals surface area contributed by atoms with Gasteiger partial charge < -0.3 is 19.1 Å². The first-order chi connectivity index (χ1) is 18.6. The van der Waals surface area contributed by atoms with Crippen LogP contribution in [0.1, 0.15) is 62.8 Å². The fourth-order valence-corrected chi connectivity index (χ4v) is 3.87. The maximum absolute atomic E-state index is 13.7. The molecule has 0 unspecified atom stereocenters. The predicted molar refractivity (Wildman–Crippen MR) is 143 cm³/mol.